The van der Waals surface area contributed by atoms with Crippen molar-refractivity contribution >= 4 is 17.2 Å². The molecule has 0 unspecified atom stereocenters. The lowest BCUT2D eigenvalue weighted by molar-refractivity contribution is -0.117. The number of nitrogens with one attached hydrogen (secondary N) is 1. The van der Waals surface area contributed by atoms with Crippen molar-refractivity contribution in [1.29, 1.82) is 0 Å². The number of benzene rings is 3. The van der Waals surface area contributed by atoms with Crippen LogP contribution in [0.1, 0.15) is 12.0 Å². The lowest BCUT2D eigenvalue weighted by atomic mass is 9.99. The molecule has 1 amide bonds. The van der Waals surface area contributed by atoms with Crippen LogP contribution in [-0.2, 0) is 4.79 Å². The van der Waals surface area contributed by atoms with Gasteiger partial charge < -0.3 is 5.32 Å². The van der Waals surface area contributed by atoms with E-state index >= 15 is 0 Å². The number of carbonyl (C=O) groups excluding carboxylic acids is 1. The number of para-hydroxylation sites is 1. The molecule has 1 aliphatic heterocycles. The Kier molecular flexibility index (Phi) is 5.64. The van der Waals surface area contributed by atoms with Gasteiger partial charge in [-0.1, -0.05) is 84.9 Å². The Morgan fingerprint density at radius 1 is 0.821 bits per heavy atom. The van der Waals surface area contributed by atoms with Crippen LogP contribution in [0.25, 0.3) is 16.7 Å². The van der Waals surface area contributed by atoms with Crippen LogP contribution in [0.5, 0.6) is 0 Å². The lowest BCUT2D eigenvalue weighted by Crippen LogP contribution is -2.36. The van der Waals surface area contributed by atoms with Crippen LogP contribution >= 0.6 is 0 Å². The zero-order valence-corrected chi connectivity index (χ0v) is 15.8. The summed E-state index contributed by atoms with van der Waals surface area (Å²) in [7, 11) is 0. The van der Waals surface area contributed by atoms with E-state index in [9.17, 15) is 4.79 Å². The first-order valence-corrected chi connectivity index (χ1v) is 9.71. The van der Waals surface area contributed by atoms with Gasteiger partial charge in [0.15, 0.2) is 0 Å². The molecule has 0 radical (unpaired) electrons. The van der Waals surface area contributed by atoms with Crippen LogP contribution in [0.3, 0.4) is 0 Å². The summed E-state index contributed by atoms with van der Waals surface area (Å²) in [5, 5.41) is 3.10. The average molecular weight is 368 g/mol. The molecular formula is C25H24N2O. The summed E-state index contributed by atoms with van der Waals surface area (Å²) in [6.07, 6.45) is 3.21. The van der Waals surface area contributed by atoms with Crippen LogP contribution in [0, 0.1) is 0 Å². The first kappa shape index (κ1) is 18.2. The van der Waals surface area contributed by atoms with Gasteiger partial charge in [0.2, 0.25) is 5.91 Å². The maximum atomic E-state index is 12.6. The van der Waals surface area contributed by atoms with Gasteiger partial charge in [-0.2, -0.15) is 0 Å². The molecule has 28 heavy (non-hydrogen) atoms. The SMILES string of the molecule is O=C(CN1CC=C(c2ccccc2)CC1)Nc1ccccc1-c1ccccc1. The van der Waals surface area contributed by atoms with E-state index in [1.807, 2.05) is 48.5 Å². The Labute approximate surface area is 166 Å². The van der Waals surface area contributed by atoms with Crippen molar-refractivity contribution in [3.8, 4) is 11.1 Å². The number of nitrogens with zero attached hydrogens (tertiary/aromatic N) is 1. The van der Waals surface area contributed by atoms with E-state index in [0.29, 0.717) is 6.54 Å². The second kappa shape index (κ2) is 8.68. The quantitative estimate of drug-likeness (QED) is 0.681. The summed E-state index contributed by atoms with van der Waals surface area (Å²) in [6, 6.07) is 28.6. The van der Waals surface area contributed by atoms with Crippen LogP contribution in [0.15, 0.2) is 91.0 Å². The van der Waals surface area contributed by atoms with Gasteiger partial charge in [-0.3, -0.25) is 9.69 Å². The second-order valence-corrected chi connectivity index (χ2v) is 7.04. The first-order valence-electron chi connectivity index (χ1n) is 9.71. The summed E-state index contributed by atoms with van der Waals surface area (Å²) < 4.78 is 0. The zero-order chi connectivity index (χ0) is 19.2. The summed E-state index contributed by atoms with van der Waals surface area (Å²) in [5.41, 5.74) is 5.65. The highest BCUT2D eigenvalue weighted by Gasteiger charge is 2.16. The molecule has 1 heterocycles. The van der Waals surface area contributed by atoms with Crippen molar-refractivity contribution in [3.63, 3.8) is 0 Å². The van der Waals surface area contributed by atoms with Crippen molar-refractivity contribution in [2.45, 2.75) is 6.42 Å². The highest BCUT2D eigenvalue weighted by atomic mass is 16.2. The summed E-state index contributed by atoms with van der Waals surface area (Å²) in [5.74, 6) is 0.0277. The Morgan fingerprint density at radius 3 is 2.14 bits per heavy atom. The molecular weight excluding hydrogens is 344 g/mol. The van der Waals surface area contributed by atoms with E-state index < -0.39 is 0 Å². The normalized spacial score (nSPS) is 14.4. The summed E-state index contributed by atoms with van der Waals surface area (Å²) >= 11 is 0. The third-order valence-electron chi connectivity index (χ3n) is 5.09. The topological polar surface area (TPSA) is 32.3 Å². The third-order valence-corrected chi connectivity index (χ3v) is 5.09. The molecule has 3 nitrogen and oxygen atoms in total. The summed E-state index contributed by atoms with van der Waals surface area (Å²) in [6.45, 7) is 2.11. The maximum Gasteiger partial charge on any atom is 0.238 e. The van der Waals surface area contributed by atoms with Gasteiger partial charge in [0.05, 0.1) is 6.54 Å². The Bertz CT molecular complexity index is 964. The fraction of sp³-hybridized carbons (Fsp3) is 0.160. The lowest BCUT2D eigenvalue weighted by Gasteiger charge is -2.26. The highest BCUT2D eigenvalue weighted by Crippen LogP contribution is 2.27. The van der Waals surface area contributed by atoms with E-state index in [1.54, 1.807) is 0 Å². The monoisotopic (exact) mass is 368 g/mol. The Hall–Kier alpha value is -3.17. The molecule has 0 saturated carbocycles. The molecule has 0 spiro atoms. The van der Waals surface area contributed by atoms with Gasteiger partial charge in [-0.15, -0.1) is 0 Å². The van der Waals surface area contributed by atoms with Gasteiger partial charge >= 0.3 is 0 Å². The molecule has 0 fully saturated rings. The van der Waals surface area contributed by atoms with Crippen molar-refractivity contribution in [1.82, 2.24) is 4.90 Å². The van der Waals surface area contributed by atoms with Crippen molar-refractivity contribution in [2.75, 3.05) is 25.0 Å². The number of hydrogen-bond donors (Lipinski definition) is 1. The minimum Gasteiger partial charge on any atom is -0.324 e. The minimum absolute atomic E-state index is 0.0277. The number of carbonyl (C=O) groups is 1. The Morgan fingerprint density at radius 2 is 1.46 bits per heavy atom. The van der Waals surface area contributed by atoms with Gasteiger partial charge in [0, 0.05) is 24.3 Å². The van der Waals surface area contributed by atoms with Gasteiger partial charge in [-0.25, -0.2) is 0 Å². The Balaban J connectivity index is 1.39. The predicted molar refractivity (Wildman–Crippen MR) is 116 cm³/mol. The fourth-order valence-electron chi connectivity index (χ4n) is 3.62. The highest BCUT2D eigenvalue weighted by molar-refractivity contribution is 5.96. The number of amides is 1. The molecule has 0 saturated heterocycles. The van der Waals surface area contributed by atoms with Gasteiger partial charge in [0.25, 0.3) is 0 Å². The molecule has 140 valence electrons. The standard InChI is InChI=1S/C25H24N2O/c28-25(19-27-17-15-21(16-18-27)20-9-3-1-4-10-20)26-24-14-8-7-13-23(24)22-11-5-2-6-12-22/h1-15H,16-19H2,(H,26,28). The molecule has 1 aliphatic rings. The van der Waals surface area contributed by atoms with Crippen molar-refractivity contribution < 1.29 is 4.79 Å². The van der Waals surface area contributed by atoms with Crippen molar-refractivity contribution in [2.24, 2.45) is 0 Å². The third kappa shape index (κ3) is 4.38. The van der Waals surface area contributed by atoms with Crippen LogP contribution in [0.4, 0.5) is 5.69 Å². The van der Waals surface area contributed by atoms with E-state index in [-0.39, 0.29) is 5.91 Å². The molecule has 0 aromatic heterocycles. The van der Waals surface area contributed by atoms with E-state index in [1.165, 1.54) is 11.1 Å². The second-order valence-electron chi connectivity index (χ2n) is 7.04. The average Bonchev–Trinajstić information content (AvgIpc) is 2.76. The van der Waals surface area contributed by atoms with Gasteiger partial charge in [-0.05, 0) is 29.2 Å². The zero-order valence-electron chi connectivity index (χ0n) is 15.8. The van der Waals surface area contributed by atoms with Crippen LogP contribution in [-0.4, -0.2) is 30.4 Å². The van der Waals surface area contributed by atoms with Crippen LogP contribution in [0.2, 0.25) is 0 Å². The number of hydrogen-bond acceptors (Lipinski definition) is 2. The molecule has 3 aromatic rings. The smallest absolute Gasteiger partial charge is 0.238 e. The van der Waals surface area contributed by atoms with Crippen LogP contribution < -0.4 is 5.32 Å². The largest absolute Gasteiger partial charge is 0.324 e. The first-order chi connectivity index (χ1) is 13.8. The minimum atomic E-state index is 0.0277. The molecule has 3 heteroatoms. The summed E-state index contributed by atoms with van der Waals surface area (Å²) in [4.78, 5) is 14.8. The molecule has 0 bridgehead atoms. The number of anilines is 1. The molecule has 4 rings (SSSR count). The molecule has 0 atom stereocenters. The van der Waals surface area contributed by atoms with Crippen molar-refractivity contribution in [3.05, 3.63) is 96.6 Å². The molecule has 3 aromatic carbocycles. The maximum absolute atomic E-state index is 12.6. The molecule has 1 N–H and O–H groups in total. The van der Waals surface area contributed by atoms with E-state index in [4.69, 9.17) is 0 Å². The fourth-order valence-corrected chi connectivity index (χ4v) is 3.62. The van der Waals surface area contributed by atoms with E-state index in [0.717, 1.165) is 36.3 Å². The predicted octanol–water partition coefficient (Wildman–Crippen LogP) is 5.08. The number of rotatable bonds is 5. The van der Waals surface area contributed by atoms with E-state index in [2.05, 4.69) is 52.7 Å². The molecule has 0 aliphatic carbocycles. The van der Waals surface area contributed by atoms with Gasteiger partial charge in [0.1, 0.15) is 0 Å².